The van der Waals surface area contributed by atoms with Gasteiger partial charge in [0.15, 0.2) is 12.0 Å². The highest BCUT2D eigenvalue weighted by molar-refractivity contribution is 7.89. The van der Waals surface area contributed by atoms with Gasteiger partial charge in [0.25, 0.3) is 10.0 Å². The Morgan fingerprint density at radius 2 is 2.00 bits per heavy atom. The molecule has 0 spiro atoms. The molecular formula is C13H20N2O4S. The van der Waals surface area contributed by atoms with Gasteiger partial charge in [-0.3, -0.25) is 4.79 Å². The Bertz CT molecular complexity index is 571. The largest absolute Gasteiger partial charge is 0.440 e. The molecule has 1 aliphatic rings. The van der Waals surface area contributed by atoms with Gasteiger partial charge < -0.3 is 9.32 Å². The van der Waals surface area contributed by atoms with Crippen LogP contribution in [0.15, 0.2) is 21.6 Å². The number of hydrogen-bond acceptors (Lipinski definition) is 5. The quantitative estimate of drug-likeness (QED) is 0.800. The second kappa shape index (κ2) is 5.67. The van der Waals surface area contributed by atoms with Crippen molar-refractivity contribution >= 4 is 16.3 Å². The van der Waals surface area contributed by atoms with Crippen molar-refractivity contribution in [3.05, 3.63) is 17.9 Å². The van der Waals surface area contributed by atoms with E-state index in [0.717, 1.165) is 25.7 Å². The summed E-state index contributed by atoms with van der Waals surface area (Å²) >= 11 is 0. The van der Waals surface area contributed by atoms with Crippen molar-refractivity contribution in [1.29, 1.82) is 0 Å². The Balaban J connectivity index is 2.10. The van der Waals surface area contributed by atoms with Gasteiger partial charge in [-0.2, -0.15) is 0 Å². The van der Waals surface area contributed by atoms with Crippen LogP contribution >= 0.6 is 0 Å². The fourth-order valence-electron chi connectivity index (χ4n) is 2.66. The normalized spacial score (nSPS) is 18.6. The highest BCUT2D eigenvalue weighted by Gasteiger charge is 2.37. The number of furan rings is 1. The molecule has 1 aromatic rings. The third-order valence-corrected chi connectivity index (χ3v) is 5.33. The van der Waals surface area contributed by atoms with Gasteiger partial charge in [-0.1, -0.05) is 12.8 Å². The standard InChI is InChI=1S/C13H20N2O4S/c1-15(2)13(7-3-4-8-13)10-14-20(17,18)12-6-5-11(9-16)19-12/h5-6,9,14H,3-4,7-8,10H2,1-2H3. The maximum atomic E-state index is 12.1. The summed E-state index contributed by atoms with van der Waals surface area (Å²) in [4.78, 5) is 12.6. The molecule has 20 heavy (non-hydrogen) atoms. The summed E-state index contributed by atoms with van der Waals surface area (Å²) in [5, 5.41) is -0.216. The third-order valence-electron chi connectivity index (χ3n) is 4.06. The molecule has 6 nitrogen and oxygen atoms in total. The number of carbonyl (C=O) groups is 1. The van der Waals surface area contributed by atoms with E-state index in [0.29, 0.717) is 12.8 Å². The van der Waals surface area contributed by atoms with Crippen LogP contribution in [0.3, 0.4) is 0 Å². The van der Waals surface area contributed by atoms with Crippen LogP contribution in [0.4, 0.5) is 0 Å². The van der Waals surface area contributed by atoms with Crippen LogP contribution in [0.2, 0.25) is 0 Å². The summed E-state index contributed by atoms with van der Waals surface area (Å²) in [6.45, 7) is 0.347. The van der Waals surface area contributed by atoms with Gasteiger partial charge in [0.2, 0.25) is 5.09 Å². The van der Waals surface area contributed by atoms with Crippen LogP contribution in [0.25, 0.3) is 0 Å². The lowest BCUT2D eigenvalue weighted by Crippen LogP contribution is -2.50. The minimum Gasteiger partial charge on any atom is -0.440 e. The lowest BCUT2D eigenvalue weighted by Gasteiger charge is -2.36. The monoisotopic (exact) mass is 300 g/mol. The average molecular weight is 300 g/mol. The first-order valence-electron chi connectivity index (χ1n) is 6.62. The van der Waals surface area contributed by atoms with Gasteiger partial charge in [0.05, 0.1) is 0 Å². The van der Waals surface area contributed by atoms with E-state index >= 15 is 0 Å². The molecule has 0 radical (unpaired) electrons. The zero-order chi connectivity index (χ0) is 14.8. The lowest BCUT2D eigenvalue weighted by molar-refractivity contribution is 0.109. The molecule has 1 aromatic heterocycles. The zero-order valence-corrected chi connectivity index (χ0v) is 12.6. The number of carbonyl (C=O) groups excluding carboxylic acids is 1. The Kier molecular flexibility index (Phi) is 4.31. The summed E-state index contributed by atoms with van der Waals surface area (Å²) in [6.07, 6.45) is 4.64. The predicted molar refractivity (Wildman–Crippen MR) is 74.2 cm³/mol. The minimum absolute atomic E-state index is 0.00793. The molecule has 0 amide bonds. The van der Waals surface area contributed by atoms with Gasteiger partial charge in [0, 0.05) is 12.1 Å². The summed E-state index contributed by atoms with van der Waals surface area (Å²) in [7, 11) is 0.228. The van der Waals surface area contributed by atoms with Crippen LogP contribution in [0.1, 0.15) is 36.2 Å². The second-order valence-corrected chi connectivity index (χ2v) is 7.12. The molecule has 0 aliphatic heterocycles. The predicted octanol–water partition coefficient (Wildman–Crippen LogP) is 1.24. The van der Waals surface area contributed by atoms with E-state index in [1.54, 1.807) is 0 Å². The van der Waals surface area contributed by atoms with E-state index in [2.05, 4.69) is 9.62 Å². The van der Waals surface area contributed by atoms with Crippen molar-refractivity contribution in [2.75, 3.05) is 20.6 Å². The van der Waals surface area contributed by atoms with E-state index in [-0.39, 0.29) is 16.4 Å². The van der Waals surface area contributed by atoms with Gasteiger partial charge in [-0.25, -0.2) is 13.1 Å². The van der Waals surface area contributed by atoms with Crippen molar-refractivity contribution in [3.8, 4) is 0 Å². The number of likely N-dealkylation sites (N-methyl/N-ethyl adjacent to an activating group) is 1. The van der Waals surface area contributed by atoms with Crippen LogP contribution in [0.5, 0.6) is 0 Å². The topological polar surface area (TPSA) is 79.6 Å². The SMILES string of the molecule is CN(C)C1(CNS(=O)(=O)c2ccc(C=O)o2)CCCC1. The Morgan fingerprint density at radius 3 is 2.50 bits per heavy atom. The maximum absolute atomic E-state index is 12.1. The maximum Gasteiger partial charge on any atom is 0.274 e. The molecule has 1 N–H and O–H groups in total. The van der Waals surface area contributed by atoms with Gasteiger partial charge >= 0.3 is 0 Å². The molecule has 112 valence electrons. The highest BCUT2D eigenvalue weighted by Crippen LogP contribution is 2.33. The molecule has 0 bridgehead atoms. The van der Waals surface area contributed by atoms with Crippen LogP contribution < -0.4 is 4.72 Å². The molecule has 0 aromatic carbocycles. The van der Waals surface area contributed by atoms with E-state index in [9.17, 15) is 13.2 Å². The van der Waals surface area contributed by atoms with Crippen LogP contribution in [-0.2, 0) is 10.0 Å². The summed E-state index contributed by atoms with van der Waals surface area (Å²) in [5.41, 5.74) is -0.132. The van der Waals surface area contributed by atoms with E-state index < -0.39 is 10.0 Å². The van der Waals surface area contributed by atoms with E-state index in [1.807, 2.05) is 14.1 Å². The number of rotatable bonds is 6. The number of nitrogens with one attached hydrogen (secondary N) is 1. The molecule has 1 saturated carbocycles. The minimum atomic E-state index is -3.71. The molecule has 0 atom stereocenters. The number of hydrogen-bond donors (Lipinski definition) is 1. The van der Waals surface area contributed by atoms with E-state index in [4.69, 9.17) is 4.42 Å². The molecule has 1 heterocycles. The zero-order valence-electron chi connectivity index (χ0n) is 11.8. The Morgan fingerprint density at radius 1 is 1.35 bits per heavy atom. The van der Waals surface area contributed by atoms with E-state index in [1.165, 1.54) is 12.1 Å². The second-order valence-electron chi connectivity index (χ2n) is 5.43. The van der Waals surface area contributed by atoms with Crippen molar-refractivity contribution in [2.24, 2.45) is 0 Å². The fourth-order valence-corrected chi connectivity index (χ4v) is 3.71. The smallest absolute Gasteiger partial charge is 0.274 e. The molecule has 0 unspecified atom stereocenters. The fraction of sp³-hybridized carbons (Fsp3) is 0.615. The Hall–Kier alpha value is -1.18. The summed E-state index contributed by atoms with van der Waals surface area (Å²) in [6, 6.07) is 2.64. The van der Waals surface area contributed by atoms with Crippen molar-refractivity contribution in [1.82, 2.24) is 9.62 Å². The first-order chi connectivity index (χ1) is 9.39. The van der Waals surface area contributed by atoms with Gasteiger partial charge in [0.1, 0.15) is 0 Å². The van der Waals surface area contributed by atoms with Crippen LogP contribution in [-0.4, -0.2) is 45.8 Å². The number of nitrogens with zero attached hydrogens (tertiary/aromatic N) is 1. The number of aldehydes is 1. The molecule has 0 saturated heterocycles. The first-order valence-corrected chi connectivity index (χ1v) is 8.10. The summed E-state index contributed by atoms with van der Waals surface area (Å²) < 4.78 is 31.9. The van der Waals surface area contributed by atoms with Gasteiger partial charge in [-0.15, -0.1) is 0 Å². The summed E-state index contributed by atoms with van der Waals surface area (Å²) in [5.74, 6) is 0.00793. The van der Waals surface area contributed by atoms with Crippen LogP contribution in [0, 0.1) is 0 Å². The molecule has 7 heteroatoms. The van der Waals surface area contributed by atoms with Crippen molar-refractivity contribution < 1.29 is 17.6 Å². The van der Waals surface area contributed by atoms with Crippen molar-refractivity contribution in [2.45, 2.75) is 36.3 Å². The Labute approximate surface area is 119 Å². The number of sulfonamides is 1. The lowest BCUT2D eigenvalue weighted by atomic mass is 9.97. The van der Waals surface area contributed by atoms with Crippen molar-refractivity contribution in [3.63, 3.8) is 0 Å². The average Bonchev–Trinajstić information content (AvgIpc) is 3.06. The first kappa shape index (κ1) is 15.2. The molecule has 1 fully saturated rings. The molecular weight excluding hydrogens is 280 g/mol. The molecule has 2 rings (SSSR count). The van der Waals surface area contributed by atoms with Gasteiger partial charge in [-0.05, 0) is 39.1 Å². The highest BCUT2D eigenvalue weighted by atomic mass is 32.2. The third kappa shape index (κ3) is 2.94. The molecule has 1 aliphatic carbocycles.